The highest BCUT2D eigenvalue weighted by Crippen LogP contribution is 2.46. The molecule has 2 unspecified atom stereocenters. The van der Waals surface area contributed by atoms with Gasteiger partial charge in [0.05, 0.1) is 23.4 Å². The van der Waals surface area contributed by atoms with Crippen LogP contribution in [0.25, 0.3) is 10.9 Å². The quantitative estimate of drug-likeness (QED) is 0.676. The summed E-state index contributed by atoms with van der Waals surface area (Å²) in [6, 6.07) is 9.64. The minimum absolute atomic E-state index is 0.185. The van der Waals surface area contributed by atoms with Crippen LogP contribution in [0.15, 0.2) is 48.9 Å². The molecular formula is C18H17FN4S. The molecule has 3 heterocycles. The van der Waals surface area contributed by atoms with Gasteiger partial charge in [0.2, 0.25) is 0 Å². The van der Waals surface area contributed by atoms with Gasteiger partial charge in [-0.15, -0.1) is 0 Å². The number of pyridine rings is 2. The minimum Gasteiger partial charge on any atom is -0.321 e. The van der Waals surface area contributed by atoms with Crippen LogP contribution in [0.5, 0.6) is 0 Å². The summed E-state index contributed by atoms with van der Waals surface area (Å²) in [7, 11) is 1.68. The molecule has 24 heavy (non-hydrogen) atoms. The molecule has 3 aromatic rings. The Morgan fingerprint density at radius 3 is 2.88 bits per heavy atom. The Bertz CT molecular complexity index is 957. The number of fused-ring (bicyclic) bond motifs is 3. The van der Waals surface area contributed by atoms with Gasteiger partial charge < -0.3 is 4.72 Å². The third-order valence-corrected chi connectivity index (χ3v) is 5.99. The van der Waals surface area contributed by atoms with E-state index < -0.39 is 0 Å². The van der Waals surface area contributed by atoms with Gasteiger partial charge in [-0.1, -0.05) is 18.2 Å². The van der Waals surface area contributed by atoms with E-state index in [0.29, 0.717) is 5.56 Å². The summed E-state index contributed by atoms with van der Waals surface area (Å²) >= 11 is 0. The Morgan fingerprint density at radius 2 is 2.08 bits per heavy atom. The first-order valence-electron chi connectivity index (χ1n) is 7.70. The Hall–Kier alpha value is -2.31. The zero-order chi connectivity index (χ0) is 16.7. The highest BCUT2D eigenvalue weighted by atomic mass is 32.2. The molecule has 0 saturated carbocycles. The molecule has 1 aliphatic heterocycles. The first kappa shape index (κ1) is 15.2. The van der Waals surface area contributed by atoms with Crippen LogP contribution in [-0.4, -0.2) is 26.7 Å². The van der Waals surface area contributed by atoms with Crippen molar-refractivity contribution in [3.05, 3.63) is 65.9 Å². The molecule has 0 fully saturated rings. The van der Waals surface area contributed by atoms with Gasteiger partial charge in [-0.25, -0.2) is 8.70 Å². The average Bonchev–Trinajstić information content (AvgIpc) is 2.62. The van der Waals surface area contributed by atoms with E-state index in [1.165, 1.54) is 6.20 Å². The molecule has 2 aromatic heterocycles. The van der Waals surface area contributed by atoms with E-state index in [2.05, 4.69) is 30.4 Å². The molecule has 4 nitrogen and oxygen atoms in total. The lowest BCUT2D eigenvalue weighted by Crippen LogP contribution is -2.29. The first-order valence-corrected chi connectivity index (χ1v) is 8.94. The topological polar surface area (TPSA) is 41.1 Å². The molecule has 1 aromatic carbocycles. The molecule has 6 heteroatoms. The molecule has 1 aliphatic rings. The standard InChI is InChI=1S/C18H17FN4S/c1-3-24-22-17-14(7-6-12-5-4-9-21-16(12)17)18(23(24)2)13-8-10-20-11-15(13)19/h3-11,18,22H,1-2H3. The van der Waals surface area contributed by atoms with E-state index in [-0.39, 0.29) is 22.7 Å². The number of benzene rings is 1. The Balaban J connectivity index is 2.01. The molecule has 122 valence electrons. The van der Waals surface area contributed by atoms with Gasteiger partial charge in [-0.3, -0.25) is 9.97 Å². The normalized spacial score (nSPS) is 20.8. The third-order valence-electron chi connectivity index (χ3n) is 4.30. The van der Waals surface area contributed by atoms with Gasteiger partial charge in [-0.2, -0.15) is 0 Å². The Labute approximate surface area is 142 Å². The molecule has 2 atom stereocenters. The van der Waals surface area contributed by atoms with Crippen molar-refractivity contribution in [3.63, 3.8) is 0 Å². The highest BCUT2D eigenvalue weighted by molar-refractivity contribution is 8.14. The largest absolute Gasteiger partial charge is 0.321 e. The number of aromatic nitrogens is 2. The van der Waals surface area contributed by atoms with Crippen molar-refractivity contribution < 1.29 is 4.39 Å². The van der Waals surface area contributed by atoms with Crippen molar-refractivity contribution in [1.82, 2.24) is 14.3 Å². The predicted octanol–water partition coefficient (Wildman–Crippen LogP) is 4.14. The van der Waals surface area contributed by atoms with Crippen molar-refractivity contribution in [2.24, 2.45) is 0 Å². The fourth-order valence-electron chi connectivity index (χ4n) is 3.18. The summed E-state index contributed by atoms with van der Waals surface area (Å²) in [5.41, 5.74) is 3.56. The molecule has 0 bridgehead atoms. The lowest BCUT2D eigenvalue weighted by atomic mass is 9.96. The summed E-state index contributed by atoms with van der Waals surface area (Å²) in [4.78, 5) is 8.43. The smallest absolute Gasteiger partial charge is 0.146 e. The summed E-state index contributed by atoms with van der Waals surface area (Å²) in [5, 5.41) is 3.17. The van der Waals surface area contributed by atoms with Gasteiger partial charge in [-0.05, 0) is 42.3 Å². The number of hydrogen-bond acceptors (Lipinski definition) is 4. The van der Waals surface area contributed by atoms with E-state index in [0.717, 1.165) is 22.2 Å². The van der Waals surface area contributed by atoms with Crippen molar-refractivity contribution in [2.75, 3.05) is 11.8 Å². The monoisotopic (exact) mass is 340 g/mol. The second-order valence-corrected chi connectivity index (χ2v) is 7.48. The van der Waals surface area contributed by atoms with Crippen LogP contribution in [0.1, 0.15) is 24.1 Å². The van der Waals surface area contributed by atoms with Gasteiger partial charge in [0.25, 0.3) is 0 Å². The maximum Gasteiger partial charge on any atom is 0.146 e. The van der Waals surface area contributed by atoms with E-state index in [1.54, 1.807) is 18.5 Å². The lowest BCUT2D eigenvalue weighted by Gasteiger charge is -2.38. The maximum atomic E-state index is 14.5. The molecule has 0 aliphatic carbocycles. The van der Waals surface area contributed by atoms with E-state index in [1.807, 2.05) is 32.2 Å². The Kier molecular flexibility index (Phi) is 3.78. The van der Waals surface area contributed by atoms with Crippen LogP contribution in [0.3, 0.4) is 0 Å². The van der Waals surface area contributed by atoms with Crippen molar-refractivity contribution in [2.45, 2.75) is 13.0 Å². The molecule has 4 rings (SSSR count). The summed E-state index contributed by atoms with van der Waals surface area (Å²) in [6.45, 7) is 2.01. The number of hydrogen-bond donors (Lipinski definition) is 1. The van der Waals surface area contributed by atoms with Gasteiger partial charge in [0.1, 0.15) is 5.82 Å². The van der Waals surface area contributed by atoms with E-state index in [4.69, 9.17) is 0 Å². The van der Waals surface area contributed by atoms with Crippen LogP contribution < -0.4 is 4.72 Å². The average molecular weight is 340 g/mol. The van der Waals surface area contributed by atoms with Gasteiger partial charge in [0, 0.05) is 28.9 Å². The number of rotatable bonds is 1. The molecule has 0 spiro atoms. The summed E-state index contributed by atoms with van der Waals surface area (Å²) in [5.74, 6) is -0.289. The Morgan fingerprint density at radius 1 is 1.21 bits per heavy atom. The molecule has 0 amide bonds. The van der Waals surface area contributed by atoms with Crippen LogP contribution in [-0.2, 0) is 0 Å². The van der Waals surface area contributed by atoms with Gasteiger partial charge >= 0.3 is 0 Å². The third kappa shape index (κ3) is 2.30. The predicted molar refractivity (Wildman–Crippen MR) is 98.5 cm³/mol. The van der Waals surface area contributed by atoms with Crippen LogP contribution >= 0.6 is 10.9 Å². The first-order chi connectivity index (χ1) is 11.7. The number of halogens is 1. The second kappa shape index (κ2) is 5.96. The number of anilines is 1. The SMILES string of the molecule is C/C=S1\Nc2c(ccc3cccnc23)C(c2ccncc2F)N1C. The lowest BCUT2D eigenvalue weighted by molar-refractivity contribution is 0.454. The van der Waals surface area contributed by atoms with E-state index in [9.17, 15) is 4.39 Å². The maximum absolute atomic E-state index is 14.5. The molecular weight excluding hydrogens is 323 g/mol. The molecule has 1 N–H and O–H groups in total. The second-order valence-electron chi connectivity index (χ2n) is 5.60. The van der Waals surface area contributed by atoms with Crippen LogP contribution in [0.4, 0.5) is 10.1 Å². The van der Waals surface area contributed by atoms with Gasteiger partial charge in [0.15, 0.2) is 0 Å². The van der Waals surface area contributed by atoms with E-state index >= 15 is 0 Å². The van der Waals surface area contributed by atoms with Crippen molar-refractivity contribution in [1.29, 1.82) is 0 Å². The number of nitrogens with one attached hydrogen (secondary N) is 1. The van der Waals surface area contributed by atoms with Crippen molar-refractivity contribution >= 4 is 32.8 Å². The highest BCUT2D eigenvalue weighted by Gasteiger charge is 2.31. The molecule has 0 saturated heterocycles. The summed E-state index contributed by atoms with van der Waals surface area (Å²) in [6.07, 6.45) is 4.71. The fourth-order valence-corrected chi connectivity index (χ4v) is 4.65. The zero-order valence-electron chi connectivity index (χ0n) is 13.4. The van der Waals surface area contributed by atoms with Crippen LogP contribution in [0, 0.1) is 5.82 Å². The number of nitrogens with zero attached hydrogens (tertiary/aromatic N) is 3. The van der Waals surface area contributed by atoms with Crippen molar-refractivity contribution in [3.8, 4) is 0 Å². The van der Waals surface area contributed by atoms with Crippen LogP contribution in [0.2, 0.25) is 0 Å². The zero-order valence-corrected chi connectivity index (χ0v) is 14.2. The molecule has 0 radical (unpaired) electrons. The summed E-state index contributed by atoms with van der Waals surface area (Å²) < 4.78 is 20.2. The minimum atomic E-state index is -0.321. The fraction of sp³-hybridized carbons (Fsp3) is 0.167.